The van der Waals surface area contributed by atoms with Gasteiger partial charge in [0.1, 0.15) is 11.8 Å². The summed E-state index contributed by atoms with van der Waals surface area (Å²) in [7, 11) is 0. The number of rotatable bonds is 11. The maximum Gasteiger partial charge on any atom is 0.241 e. The Morgan fingerprint density at radius 3 is 2.00 bits per heavy atom. The molecule has 0 amide bonds. The standard InChI is InChI=1S/C25H39N3O2/c1-8-15-28(16-9-2)23-17(5)26-24(27-25(23)30-19(7)18(6)29)22-20(10-3)13-12-14-21(22)11-4/h12-14,18-19,29H,8-11,15-16H2,1-7H3/t18-,19+/m1/s1. The van der Waals surface area contributed by atoms with Crippen LogP contribution in [0.25, 0.3) is 11.4 Å². The zero-order valence-electron chi connectivity index (χ0n) is 19.8. The molecule has 2 aromatic rings. The molecular formula is C25H39N3O2. The van der Waals surface area contributed by atoms with Gasteiger partial charge in [0.25, 0.3) is 0 Å². The quantitative estimate of drug-likeness (QED) is 0.538. The lowest BCUT2D eigenvalue weighted by Crippen LogP contribution is -2.30. The molecule has 0 saturated carbocycles. The highest BCUT2D eigenvalue weighted by atomic mass is 16.5. The number of ether oxygens (including phenoxy) is 1. The molecule has 2 rings (SSSR count). The van der Waals surface area contributed by atoms with Crippen LogP contribution in [0.4, 0.5) is 5.69 Å². The molecule has 0 spiro atoms. The summed E-state index contributed by atoms with van der Waals surface area (Å²) in [6.45, 7) is 16.2. The second kappa shape index (κ2) is 11.3. The van der Waals surface area contributed by atoms with E-state index in [2.05, 4.69) is 50.8 Å². The fraction of sp³-hybridized carbons (Fsp3) is 0.600. The molecule has 1 heterocycles. The van der Waals surface area contributed by atoms with E-state index in [0.717, 1.165) is 55.7 Å². The molecule has 0 saturated heterocycles. The summed E-state index contributed by atoms with van der Waals surface area (Å²) in [5, 5.41) is 10.1. The van der Waals surface area contributed by atoms with E-state index in [-0.39, 0.29) is 6.10 Å². The number of aliphatic hydroxyl groups is 1. The minimum atomic E-state index is -0.587. The third kappa shape index (κ3) is 5.51. The minimum Gasteiger partial charge on any atom is -0.470 e. The summed E-state index contributed by atoms with van der Waals surface area (Å²) in [6, 6.07) is 6.42. The molecule has 166 valence electrons. The molecule has 0 aliphatic carbocycles. The highest BCUT2D eigenvalue weighted by Crippen LogP contribution is 2.35. The van der Waals surface area contributed by atoms with Gasteiger partial charge in [0.05, 0.1) is 11.8 Å². The third-order valence-corrected chi connectivity index (χ3v) is 5.53. The predicted octanol–water partition coefficient (Wildman–Crippen LogP) is 5.35. The van der Waals surface area contributed by atoms with E-state index >= 15 is 0 Å². The van der Waals surface area contributed by atoms with E-state index in [1.165, 1.54) is 11.1 Å². The van der Waals surface area contributed by atoms with Crippen LogP contribution in [-0.2, 0) is 12.8 Å². The molecule has 5 nitrogen and oxygen atoms in total. The Morgan fingerprint density at radius 1 is 0.967 bits per heavy atom. The maximum atomic E-state index is 10.1. The van der Waals surface area contributed by atoms with Gasteiger partial charge in [0, 0.05) is 18.7 Å². The van der Waals surface area contributed by atoms with Crippen molar-refractivity contribution in [2.24, 2.45) is 0 Å². The Labute approximate surface area is 182 Å². The Hall–Kier alpha value is -2.14. The van der Waals surface area contributed by atoms with Crippen molar-refractivity contribution in [2.45, 2.75) is 86.4 Å². The highest BCUT2D eigenvalue weighted by molar-refractivity contribution is 5.69. The number of benzene rings is 1. The number of nitrogens with zero attached hydrogens (tertiary/aromatic N) is 3. The van der Waals surface area contributed by atoms with E-state index in [1.807, 2.05) is 13.8 Å². The molecule has 0 fully saturated rings. The van der Waals surface area contributed by atoms with Gasteiger partial charge < -0.3 is 14.7 Å². The van der Waals surface area contributed by atoms with Gasteiger partial charge >= 0.3 is 0 Å². The van der Waals surface area contributed by atoms with Crippen molar-refractivity contribution in [1.82, 2.24) is 9.97 Å². The summed E-state index contributed by atoms with van der Waals surface area (Å²) in [6.07, 6.45) is 2.97. The molecule has 30 heavy (non-hydrogen) atoms. The lowest BCUT2D eigenvalue weighted by atomic mass is 9.97. The van der Waals surface area contributed by atoms with E-state index in [1.54, 1.807) is 6.92 Å². The molecule has 1 N–H and O–H groups in total. The Balaban J connectivity index is 2.71. The van der Waals surface area contributed by atoms with Gasteiger partial charge in [-0.05, 0) is 57.6 Å². The van der Waals surface area contributed by atoms with Crippen LogP contribution in [0.3, 0.4) is 0 Å². The molecule has 0 aliphatic rings. The van der Waals surface area contributed by atoms with Crippen molar-refractivity contribution in [3.8, 4) is 17.3 Å². The van der Waals surface area contributed by atoms with E-state index in [0.29, 0.717) is 11.7 Å². The first-order chi connectivity index (χ1) is 14.4. The number of aliphatic hydroxyl groups excluding tert-OH is 1. The number of aromatic nitrogens is 2. The van der Waals surface area contributed by atoms with Gasteiger partial charge in [-0.2, -0.15) is 4.98 Å². The first kappa shape index (κ1) is 24.1. The number of anilines is 1. The van der Waals surface area contributed by atoms with Gasteiger partial charge in [0.15, 0.2) is 5.82 Å². The Kier molecular flexibility index (Phi) is 9.09. The molecule has 1 aromatic heterocycles. The maximum absolute atomic E-state index is 10.1. The monoisotopic (exact) mass is 413 g/mol. The molecule has 0 bridgehead atoms. The molecule has 2 atom stereocenters. The van der Waals surface area contributed by atoms with Gasteiger partial charge in [-0.3, -0.25) is 0 Å². The van der Waals surface area contributed by atoms with Crippen molar-refractivity contribution in [3.63, 3.8) is 0 Å². The molecule has 0 aliphatic heterocycles. The van der Waals surface area contributed by atoms with Crippen LogP contribution < -0.4 is 9.64 Å². The summed E-state index contributed by atoms with van der Waals surface area (Å²) < 4.78 is 6.23. The third-order valence-electron chi connectivity index (χ3n) is 5.53. The largest absolute Gasteiger partial charge is 0.470 e. The van der Waals surface area contributed by atoms with E-state index < -0.39 is 6.10 Å². The van der Waals surface area contributed by atoms with Gasteiger partial charge in [-0.1, -0.05) is 45.9 Å². The van der Waals surface area contributed by atoms with Crippen LogP contribution >= 0.6 is 0 Å². The molecule has 1 aromatic carbocycles. The van der Waals surface area contributed by atoms with Crippen molar-refractivity contribution in [3.05, 3.63) is 35.0 Å². The fourth-order valence-corrected chi connectivity index (χ4v) is 3.78. The highest BCUT2D eigenvalue weighted by Gasteiger charge is 2.23. The van der Waals surface area contributed by atoms with Crippen molar-refractivity contribution in [1.29, 1.82) is 0 Å². The topological polar surface area (TPSA) is 58.5 Å². The van der Waals surface area contributed by atoms with Crippen LogP contribution in [0.1, 0.15) is 71.2 Å². The van der Waals surface area contributed by atoms with Crippen LogP contribution in [-0.4, -0.2) is 40.4 Å². The summed E-state index contributed by atoms with van der Waals surface area (Å²) in [5.41, 5.74) is 5.47. The van der Waals surface area contributed by atoms with Gasteiger partial charge in [0.2, 0.25) is 5.88 Å². The summed E-state index contributed by atoms with van der Waals surface area (Å²) in [5.74, 6) is 1.28. The van der Waals surface area contributed by atoms with E-state index in [9.17, 15) is 5.11 Å². The van der Waals surface area contributed by atoms with Crippen LogP contribution in [0.15, 0.2) is 18.2 Å². The normalized spacial score (nSPS) is 13.2. The predicted molar refractivity (Wildman–Crippen MR) is 126 cm³/mol. The summed E-state index contributed by atoms with van der Waals surface area (Å²) >= 11 is 0. The molecule has 0 unspecified atom stereocenters. The lowest BCUT2D eigenvalue weighted by Gasteiger charge is -2.29. The van der Waals surface area contributed by atoms with Crippen molar-refractivity contribution >= 4 is 5.69 Å². The average molecular weight is 414 g/mol. The minimum absolute atomic E-state index is 0.358. The number of hydrogen-bond donors (Lipinski definition) is 1. The van der Waals surface area contributed by atoms with Crippen molar-refractivity contribution < 1.29 is 9.84 Å². The summed E-state index contributed by atoms with van der Waals surface area (Å²) in [4.78, 5) is 12.2. The smallest absolute Gasteiger partial charge is 0.241 e. The number of hydrogen-bond acceptors (Lipinski definition) is 5. The van der Waals surface area contributed by atoms with Gasteiger partial charge in [-0.15, -0.1) is 0 Å². The first-order valence-electron chi connectivity index (χ1n) is 11.5. The Bertz CT molecular complexity index is 792. The molecule has 5 heteroatoms. The molecular weight excluding hydrogens is 374 g/mol. The van der Waals surface area contributed by atoms with Crippen LogP contribution in [0, 0.1) is 6.92 Å². The zero-order chi connectivity index (χ0) is 22.3. The molecule has 0 radical (unpaired) electrons. The van der Waals surface area contributed by atoms with Gasteiger partial charge in [-0.25, -0.2) is 4.98 Å². The second-order valence-electron chi connectivity index (χ2n) is 8.00. The van der Waals surface area contributed by atoms with Crippen LogP contribution in [0.2, 0.25) is 0 Å². The van der Waals surface area contributed by atoms with E-state index in [4.69, 9.17) is 14.7 Å². The first-order valence-corrected chi connectivity index (χ1v) is 11.5. The Morgan fingerprint density at radius 2 is 1.53 bits per heavy atom. The average Bonchev–Trinajstić information content (AvgIpc) is 2.72. The zero-order valence-corrected chi connectivity index (χ0v) is 19.8. The second-order valence-corrected chi connectivity index (χ2v) is 8.00. The number of aryl methyl sites for hydroxylation is 3. The van der Waals surface area contributed by atoms with Crippen LogP contribution in [0.5, 0.6) is 5.88 Å². The lowest BCUT2D eigenvalue weighted by molar-refractivity contribution is 0.0577. The van der Waals surface area contributed by atoms with Crippen molar-refractivity contribution in [2.75, 3.05) is 18.0 Å². The SMILES string of the molecule is CCCN(CCC)c1c(C)nc(-c2c(CC)cccc2CC)nc1O[C@@H](C)[C@@H](C)O. The fourth-order valence-electron chi connectivity index (χ4n) is 3.78.